The first-order chi connectivity index (χ1) is 8.74. The molecule has 0 radical (unpaired) electrons. The van der Waals surface area contributed by atoms with Gasteiger partial charge in [0.25, 0.3) is 0 Å². The standard InChI is InChI=1S/C12H17N3O2S2/c1-12(2)5-7-15(8-12)19(16,17)9-4-3-6-14-10(9)11(13)18/h3-4,6H,5,7-8H2,1-2H3,(H2,13,18). The van der Waals surface area contributed by atoms with Crippen molar-refractivity contribution in [3.8, 4) is 0 Å². The third kappa shape index (κ3) is 2.77. The quantitative estimate of drug-likeness (QED) is 0.847. The second-order valence-corrected chi connectivity index (χ2v) is 7.81. The summed E-state index contributed by atoms with van der Waals surface area (Å²) >= 11 is 4.87. The summed E-state index contributed by atoms with van der Waals surface area (Å²) in [5.41, 5.74) is 5.72. The highest BCUT2D eigenvalue weighted by Crippen LogP contribution is 2.33. The first kappa shape index (κ1) is 14.4. The van der Waals surface area contributed by atoms with Gasteiger partial charge in [0.05, 0.1) is 0 Å². The Hall–Kier alpha value is -1.05. The van der Waals surface area contributed by atoms with Crippen LogP contribution >= 0.6 is 12.2 Å². The van der Waals surface area contributed by atoms with Crippen LogP contribution in [0.15, 0.2) is 23.2 Å². The third-order valence-corrected chi connectivity index (χ3v) is 5.33. The maximum atomic E-state index is 12.6. The molecular formula is C12H17N3O2S2. The van der Waals surface area contributed by atoms with Crippen molar-refractivity contribution in [2.45, 2.75) is 25.2 Å². The third-order valence-electron chi connectivity index (χ3n) is 3.26. The highest BCUT2D eigenvalue weighted by atomic mass is 32.2. The van der Waals surface area contributed by atoms with Gasteiger partial charge >= 0.3 is 0 Å². The number of hydrogen-bond acceptors (Lipinski definition) is 4. The molecule has 1 aliphatic rings. The summed E-state index contributed by atoms with van der Waals surface area (Å²) in [6, 6.07) is 3.08. The zero-order chi connectivity index (χ0) is 14.3. The molecule has 0 spiro atoms. The van der Waals surface area contributed by atoms with E-state index in [1.807, 2.05) is 0 Å². The summed E-state index contributed by atoms with van der Waals surface area (Å²) in [4.78, 5) is 4.08. The zero-order valence-corrected chi connectivity index (χ0v) is 12.6. The number of pyridine rings is 1. The van der Waals surface area contributed by atoms with E-state index in [2.05, 4.69) is 18.8 Å². The lowest BCUT2D eigenvalue weighted by molar-refractivity contribution is 0.375. The lowest BCUT2D eigenvalue weighted by Gasteiger charge is -2.20. The van der Waals surface area contributed by atoms with Crippen LogP contribution in [0.4, 0.5) is 0 Å². The van der Waals surface area contributed by atoms with E-state index in [0.29, 0.717) is 13.1 Å². The number of nitrogens with zero attached hydrogens (tertiary/aromatic N) is 2. The van der Waals surface area contributed by atoms with Crippen molar-refractivity contribution in [3.63, 3.8) is 0 Å². The minimum absolute atomic E-state index is 0.00132. The smallest absolute Gasteiger partial charge is 0.245 e. The van der Waals surface area contributed by atoms with Crippen molar-refractivity contribution >= 4 is 27.2 Å². The second-order valence-electron chi connectivity index (χ2n) is 5.47. The molecule has 2 N–H and O–H groups in total. The van der Waals surface area contributed by atoms with Crippen molar-refractivity contribution < 1.29 is 8.42 Å². The fraction of sp³-hybridized carbons (Fsp3) is 0.500. The number of nitrogens with two attached hydrogens (primary N) is 1. The predicted octanol–water partition coefficient (Wildman–Crippen LogP) is 1.14. The monoisotopic (exact) mass is 299 g/mol. The van der Waals surface area contributed by atoms with Crippen LogP contribution in [0, 0.1) is 5.41 Å². The van der Waals surface area contributed by atoms with Crippen molar-refractivity contribution in [2.24, 2.45) is 11.1 Å². The Labute approximate surface area is 118 Å². The van der Waals surface area contributed by atoms with E-state index in [4.69, 9.17) is 18.0 Å². The van der Waals surface area contributed by atoms with E-state index >= 15 is 0 Å². The van der Waals surface area contributed by atoms with Gasteiger partial charge in [0.15, 0.2) is 0 Å². The van der Waals surface area contributed by atoms with Crippen molar-refractivity contribution in [1.29, 1.82) is 0 Å². The van der Waals surface area contributed by atoms with Crippen molar-refractivity contribution in [3.05, 3.63) is 24.0 Å². The van der Waals surface area contributed by atoms with Gasteiger partial charge in [-0.05, 0) is 24.0 Å². The Morgan fingerprint density at radius 1 is 1.53 bits per heavy atom. The summed E-state index contributed by atoms with van der Waals surface area (Å²) in [6.07, 6.45) is 2.33. The normalized spacial score (nSPS) is 19.5. The molecule has 0 atom stereocenters. The lowest BCUT2D eigenvalue weighted by atomic mass is 9.93. The molecule has 1 aromatic heterocycles. The number of hydrogen-bond donors (Lipinski definition) is 1. The zero-order valence-electron chi connectivity index (χ0n) is 11.0. The Kier molecular flexibility index (Phi) is 3.63. The van der Waals surface area contributed by atoms with Gasteiger partial charge in [0.1, 0.15) is 15.6 Å². The number of sulfonamides is 1. The summed E-state index contributed by atoms with van der Waals surface area (Å²) in [5, 5.41) is 0. The van der Waals surface area contributed by atoms with Gasteiger partial charge in [-0.15, -0.1) is 0 Å². The molecule has 0 aliphatic carbocycles. The summed E-state index contributed by atoms with van der Waals surface area (Å²) in [7, 11) is -3.58. The highest BCUT2D eigenvalue weighted by Gasteiger charge is 2.38. The molecule has 19 heavy (non-hydrogen) atoms. The fourth-order valence-electron chi connectivity index (χ4n) is 2.19. The summed E-state index contributed by atoms with van der Waals surface area (Å²) in [5.74, 6) is 0. The SMILES string of the molecule is CC1(C)CCN(S(=O)(=O)c2cccnc2C(N)=S)C1. The van der Waals surface area contributed by atoms with Gasteiger partial charge in [-0.2, -0.15) is 4.31 Å². The Morgan fingerprint density at radius 2 is 2.21 bits per heavy atom. The molecule has 104 valence electrons. The van der Waals surface area contributed by atoms with Gasteiger partial charge in [-0.1, -0.05) is 26.1 Å². The van der Waals surface area contributed by atoms with Crippen LogP contribution in [-0.4, -0.2) is 35.8 Å². The van der Waals surface area contributed by atoms with Gasteiger partial charge < -0.3 is 5.73 Å². The van der Waals surface area contributed by atoms with Crippen LogP contribution in [0.5, 0.6) is 0 Å². The molecule has 1 aromatic rings. The molecule has 0 amide bonds. The van der Waals surface area contributed by atoms with Crippen LogP contribution in [0.2, 0.25) is 0 Å². The highest BCUT2D eigenvalue weighted by molar-refractivity contribution is 7.89. The van der Waals surface area contributed by atoms with E-state index in [1.54, 1.807) is 6.07 Å². The maximum Gasteiger partial charge on any atom is 0.245 e. The van der Waals surface area contributed by atoms with Crippen molar-refractivity contribution in [2.75, 3.05) is 13.1 Å². The summed E-state index contributed by atoms with van der Waals surface area (Å²) < 4.78 is 26.7. The molecule has 1 fully saturated rings. The van der Waals surface area contributed by atoms with E-state index in [9.17, 15) is 8.42 Å². The molecule has 1 aliphatic heterocycles. The largest absolute Gasteiger partial charge is 0.388 e. The number of thiocarbonyl (C=S) groups is 1. The fourth-order valence-corrected chi connectivity index (χ4v) is 4.20. The van der Waals surface area contributed by atoms with E-state index < -0.39 is 10.0 Å². The first-order valence-corrected chi connectivity index (χ1v) is 7.84. The minimum atomic E-state index is -3.58. The van der Waals surface area contributed by atoms with E-state index in [0.717, 1.165) is 6.42 Å². The molecule has 0 bridgehead atoms. The van der Waals surface area contributed by atoms with Gasteiger partial charge in [0.2, 0.25) is 10.0 Å². The van der Waals surface area contributed by atoms with Gasteiger partial charge in [-0.3, -0.25) is 4.98 Å². The molecular weight excluding hydrogens is 282 g/mol. The van der Waals surface area contributed by atoms with E-state index in [1.165, 1.54) is 16.6 Å². The van der Waals surface area contributed by atoms with Gasteiger partial charge in [-0.25, -0.2) is 8.42 Å². The minimum Gasteiger partial charge on any atom is -0.388 e. The molecule has 0 unspecified atom stereocenters. The van der Waals surface area contributed by atoms with Crippen molar-refractivity contribution in [1.82, 2.24) is 9.29 Å². The second kappa shape index (κ2) is 4.81. The molecule has 2 rings (SSSR count). The molecule has 1 saturated heterocycles. The van der Waals surface area contributed by atoms with Crippen LogP contribution in [0.3, 0.4) is 0 Å². The molecule has 0 saturated carbocycles. The molecule has 5 nitrogen and oxygen atoms in total. The van der Waals surface area contributed by atoms with Crippen LogP contribution in [0.1, 0.15) is 26.0 Å². The summed E-state index contributed by atoms with van der Waals surface area (Å²) in [6.45, 7) is 5.13. The number of rotatable bonds is 3. The molecule has 0 aromatic carbocycles. The molecule has 7 heteroatoms. The predicted molar refractivity (Wildman–Crippen MR) is 77.3 cm³/mol. The average molecular weight is 299 g/mol. The first-order valence-electron chi connectivity index (χ1n) is 5.99. The maximum absolute atomic E-state index is 12.6. The number of aromatic nitrogens is 1. The average Bonchev–Trinajstić information content (AvgIpc) is 2.70. The van der Waals surface area contributed by atoms with E-state index in [-0.39, 0.29) is 21.0 Å². The van der Waals surface area contributed by atoms with Crippen LogP contribution in [-0.2, 0) is 10.0 Å². The van der Waals surface area contributed by atoms with Crippen LogP contribution in [0.25, 0.3) is 0 Å². The Morgan fingerprint density at radius 3 is 2.74 bits per heavy atom. The Balaban J connectivity index is 2.44. The Bertz CT molecular complexity index is 611. The van der Waals surface area contributed by atoms with Gasteiger partial charge in [0, 0.05) is 19.3 Å². The lowest BCUT2D eigenvalue weighted by Crippen LogP contribution is -2.32. The molecule has 2 heterocycles. The van der Waals surface area contributed by atoms with Crippen LogP contribution < -0.4 is 5.73 Å². The topological polar surface area (TPSA) is 76.3 Å².